The van der Waals surface area contributed by atoms with Gasteiger partial charge in [-0.15, -0.1) is 0 Å². The van der Waals surface area contributed by atoms with Gasteiger partial charge in [-0.05, 0) is 42.3 Å². The Morgan fingerprint density at radius 3 is 2.49 bits per heavy atom. The summed E-state index contributed by atoms with van der Waals surface area (Å²) in [5, 5.41) is 25.8. The number of piperazine rings is 1. The number of hydrogen-bond acceptors (Lipinski definition) is 9. The summed E-state index contributed by atoms with van der Waals surface area (Å²) in [7, 11) is 0. The molecule has 1 amide bonds. The van der Waals surface area contributed by atoms with Crippen molar-refractivity contribution in [1.82, 2.24) is 30.4 Å². The molecular weight excluding hydrogens is 525 g/mol. The summed E-state index contributed by atoms with van der Waals surface area (Å²) < 4.78 is 13.4. The van der Waals surface area contributed by atoms with E-state index in [4.69, 9.17) is 4.98 Å². The van der Waals surface area contributed by atoms with E-state index in [9.17, 15) is 14.3 Å². The van der Waals surface area contributed by atoms with Gasteiger partial charge in [-0.25, -0.2) is 4.39 Å². The lowest BCUT2D eigenvalue weighted by Gasteiger charge is -2.35. The van der Waals surface area contributed by atoms with Crippen LogP contribution in [-0.4, -0.2) is 75.4 Å². The number of hydrogen-bond donors (Lipinski definition) is 5. The fraction of sp³-hybridized carbons (Fsp3) is 0.310. The lowest BCUT2D eigenvalue weighted by Crippen LogP contribution is -2.47. The Bertz CT molecular complexity index is 1450. The van der Waals surface area contributed by atoms with Gasteiger partial charge in [0, 0.05) is 62.8 Å². The Balaban J connectivity index is 1.25. The van der Waals surface area contributed by atoms with Crippen molar-refractivity contribution in [2.24, 2.45) is 0 Å². The van der Waals surface area contributed by atoms with Gasteiger partial charge < -0.3 is 26.0 Å². The number of carbonyl (C=O) groups excluding carboxylic acids is 1. The molecule has 41 heavy (non-hydrogen) atoms. The van der Waals surface area contributed by atoms with Crippen LogP contribution >= 0.6 is 0 Å². The minimum atomic E-state index is -0.325. The number of amides is 1. The molecule has 12 heteroatoms. The Kier molecular flexibility index (Phi) is 9.02. The van der Waals surface area contributed by atoms with Crippen LogP contribution in [0.1, 0.15) is 16.8 Å². The van der Waals surface area contributed by atoms with E-state index >= 15 is 0 Å². The molecule has 5 N–H and O–H groups in total. The molecule has 2 aromatic carbocycles. The van der Waals surface area contributed by atoms with Gasteiger partial charge in [0.25, 0.3) is 0 Å². The standard InChI is InChI=1S/C29H34FN9O2/c1-20-15-26(37-36-20)33-25-18-27(39-11-9-38(10-12-39)13-14-40)35-29(34-25)32-24-7-5-21(6-8-24)17-28(41)31-19-22-3-2-4-23(30)16-22/h2-8,15-16,18,40H,9-14,17,19H2,1H3,(H,31,41)(H3,32,33,34,35,36,37). The summed E-state index contributed by atoms with van der Waals surface area (Å²) in [6.45, 7) is 6.27. The number of rotatable bonds is 11. The number of aromatic amines is 1. The summed E-state index contributed by atoms with van der Waals surface area (Å²) in [6.07, 6.45) is 0.209. The number of halogens is 1. The molecule has 5 rings (SSSR count). The maximum Gasteiger partial charge on any atom is 0.231 e. The number of aliphatic hydroxyl groups excluding tert-OH is 1. The van der Waals surface area contributed by atoms with Gasteiger partial charge in [-0.1, -0.05) is 24.3 Å². The van der Waals surface area contributed by atoms with Gasteiger partial charge >= 0.3 is 0 Å². The number of nitrogens with one attached hydrogen (secondary N) is 4. The Hall–Kier alpha value is -4.55. The van der Waals surface area contributed by atoms with E-state index in [1.807, 2.05) is 43.3 Å². The molecule has 0 radical (unpaired) electrons. The molecule has 0 spiro atoms. The summed E-state index contributed by atoms with van der Waals surface area (Å²) >= 11 is 0. The molecule has 11 nitrogen and oxygen atoms in total. The smallest absolute Gasteiger partial charge is 0.231 e. The van der Waals surface area contributed by atoms with Crippen molar-refractivity contribution in [3.63, 3.8) is 0 Å². The van der Waals surface area contributed by atoms with Gasteiger partial charge in [0.2, 0.25) is 11.9 Å². The fourth-order valence-corrected chi connectivity index (χ4v) is 4.60. The fourth-order valence-electron chi connectivity index (χ4n) is 4.60. The lowest BCUT2D eigenvalue weighted by atomic mass is 10.1. The Morgan fingerprint density at radius 1 is 0.976 bits per heavy atom. The molecule has 0 bridgehead atoms. The van der Waals surface area contributed by atoms with Crippen LogP contribution < -0.4 is 20.9 Å². The predicted octanol–water partition coefficient (Wildman–Crippen LogP) is 3.11. The molecule has 2 aromatic heterocycles. The van der Waals surface area contributed by atoms with E-state index in [1.165, 1.54) is 12.1 Å². The first-order chi connectivity index (χ1) is 19.9. The van der Waals surface area contributed by atoms with Gasteiger partial charge in [-0.2, -0.15) is 15.1 Å². The zero-order valence-electron chi connectivity index (χ0n) is 22.9. The van der Waals surface area contributed by atoms with Crippen molar-refractivity contribution in [3.8, 4) is 0 Å². The van der Waals surface area contributed by atoms with Crippen molar-refractivity contribution >= 4 is 35.0 Å². The first-order valence-electron chi connectivity index (χ1n) is 13.6. The second-order valence-corrected chi connectivity index (χ2v) is 9.95. The number of H-pyrrole nitrogens is 1. The highest BCUT2D eigenvalue weighted by molar-refractivity contribution is 5.78. The van der Waals surface area contributed by atoms with Crippen LogP contribution in [-0.2, 0) is 17.8 Å². The molecular formula is C29H34FN9O2. The number of benzene rings is 2. The average molecular weight is 560 g/mol. The Morgan fingerprint density at radius 2 is 1.78 bits per heavy atom. The second-order valence-electron chi connectivity index (χ2n) is 9.95. The molecule has 0 aliphatic carbocycles. The Labute approximate surface area is 237 Å². The molecule has 3 heterocycles. The zero-order chi connectivity index (χ0) is 28.6. The number of nitrogens with zero attached hydrogens (tertiary/aromatic N) is 5. The first-order valence-corrected chi connectivity index (χ1v) is 13.6. The molecule has 0 unspecified atom stereocenters. The van der Waals surface area contributed by atoms with Crippen molar-refractivity contribution in [3.05, 3.63) is 83.3 Å². The third kappa shape index (κ3) is 7.99. The third-order valence-electron chi connectivity index (χ3n) is 6.74. The van der Waals surface area contributed by atoms with Crippen LogP contribution in [0.15, 0.2) is 60.7 Å². The van der Waals surface area contributed by atoms with E-state index in [-0.39, 0.29) is 31.3 Å². The number of aromatic nitrogens is 4. The normalized spacial score (nSPS) is 13.7. The van der Waals surface area contributed by atoms with Gasteiger partial charge in [0.05, 0.1) is 13.0 Å². The largest absolute Gasteiger partial charge is 0.395 e. The van der Waals surface area contributed by atoms with E-state index < -0.39 is 0 Å². The van der Waals surface area contributed by atoms with Crippen LogP contribution in [0.25, 0.3) is 0 Å². The van der Waals surface area contributed by atoms with E-state index in [1.54, 1.807) is 12.1 Å². The quantitative estimate of drug-likeness (QED) is 0.188. The number of carbonyl (C=O) groups is 1. The minimum absolute atomic E-state index is 0.144. The molecule has 214 valence electrons. The minimum Gasteiger partial charge on any atom is -0.395 e. The molecule has 0 atom stereocenters. The van der Waals surface area contributed by atoms with Crippen LogP contribution in [0.3, 0.4) is 0 Å². The van der Waals surface area contributed by atoms with E-state index in [0.717, 1.165) is 48.9 Å². The van der Waals surface area contributed by atoms with Crippen molar-refractivity contribution in [2.45, 2.75) is 19.9 Å². The van der Waals surface area contributed by atoms with Crippen molar-refractivity contribution in [1.29, 1.82) is 0 Å². The number of anilines is 5. The van der Waals surface area contributed by atoms with Gasteiger partial charge in [0.15, 0.2) is 5.82 Å². The van der Waals surface area contributed by atoms with Gasteiger partial charge in [0.1, 0.15) is 17.5 Å². The van der Waals surface area contributed by atoms with Crippen LogP contribution in [0.2, 0.25) is 0 Å². The molecule has 1 aliphatic rings. The van der Waals surface area contributed by atoms with Crippen LogP contribution in [0, 0.1) is 12.7 Å². The lowest BCUT2D eigenvalue weighted by molar-refractivity contribution is -0.120. The summed E-state index contributed by atoms with van der Waals surface area (Å²) in [5.41, 5.74) is 3.27. The zero-order valence-corrected chi connectivity index (χ0v) is 22.9. The number of aryl methyl sites for hydroxylation is 1. The molecule has 0 saturated carbocycles. The van der Waals surface area contributed by atoms with Crippen LogP contribution in [0.5, 0.6) is 0 Å². The average Bonchev–Trinajstić information content (AvgIpc) is 3.37. The highest BCUT2D eigenvalue weighted by atomic mass is 19.1. The van der Waals surface area contributed by atoms with Crippen molar-refractivity contribution < 1.29 is 14.3 Å². The van der Waals surface area contributed by atoms with E-state index in [0.29, 0.717) is 29.7 Å². The maximum absolute atomic E-state index is 13.4. The molecule has 1 fully saturated rings. The molecule has 4 aromatic rings. The first kappa shape index (κ1) is 28.0. The van der Waals surface area contributed by atoms with Crippen molar-refractivity contribution in [2.75, 3.05) is 54.9 Å². The SMILES string of the molecule is Cc1cc(Nc2cc(N3CCN(CCO)CC3)nc(Nc3ccc(CC(=O)NCc4cccc(F)c4)cc3)n2)n[nH]1. The second kappa shape index (κ2) is 13.2. The number of β-amino-alcohol motifs (C(OH)–C–C–N with tert-alkyl or cyclic N) is 1. The predicted molar refractivity (Wildman–Crippen MR) is 156 cm³/mol. The summed E-state index contributed by atoms with van der Waals surface area (Å²) in [5.74, 6) is 2.01. The summed E-state index contributed by atoms with van der Waals surface area (Å²) in [6, 6.07) is 17.5. The molecule has 1 aliphatic heterocycles. The van der Waals surface area contributed by atoms with Gasteiger partial charge in [-0.3, -0.25) is 14.8 Å². The topological polar surface area (TPSA) is 134 Å². The summed E-state index contributed by atoms with van der Waals surface area (Å²) in [4.78, 5) is 26.3. The maximum atomic E-state index is 13.4. The molecule has 1 saturated heterocycles. The highest BCUT2D eigenvalue weighted by Gasteiger charge is 2.19. The third-order valence-corrected chi connectivity index (χ3v) is 6.74. The van der Waals surface area contributed by atoms with Crippen LogP contribution in [0.4, 0.5) is 33.5 Å². The number of aliphatic hydroxyl groups is 1. The highest BCUT2D eigenvalue weighted by Crippen LogP contribution is 2.24. The van der Waals surface area contributed by atoms with E-state index in [2.05, 4.69) is 40.9 Å². The monoisotopic (exact) mass is 559 g/mol.